The van der Waals surface area contributed by atoms with E-state index in [1.807, 2.05) is 0 Å². The summed E-state index contributed by atoms with van der Waals surface area (Å²) in [5, 5.41) is 8.79. The topological polar surface area (TPSA) is 43.8 Å². The van der Waals surface area contributed by atoms with Gasteiger partial charge in [-0.3, -0.25) is 4.79 Å². The summed E-state index contributed by atoms with van der Waals surface area (Å²) in [6.45, 7) is 2.96. The summed E-state index contributed by atoms with van der Waals surface area (Å²) in [7, 11) is 6.18. The minimum absolute atomic E-state index is 0.0902. The van der Waals surface area contributed by atoms with Crippen molar-refractivity contribution >= 4 is 5.97 Å². The molecular weight excluding hydrogens is 192 g/mol. The zero-order valence-corrected chi connectivity index (χ0v) is 9.99. The van der Waals surface area contributed by atoms with Crippen molar-refractivity contribution in [2.75, 3.05) is 40.8 Å². The number of hydrogen-bond acceptors (Lipinski definition) is 3. The third-order valence-electron chi connectivity index (χ3n) is 3.02. The van der Waals surface area contributed by atoms with Crippen LogP contribution < -0.4 is 0 Å². The fraction of sp³-hybridized carbons (Fsp3) is 0.909. The molecule has 0 aromatic heterocycles. The van der Waals surface area contributed by atoms with Crippen molar-refractivity contribution in [3.8, 4) is 0 Å². The van der Waals surface area contributed by atoms with Crippen LogP contribution in [-0.2, 0) is 4.79 Å². The van der Waals surface area contributed by atoms with Crippen LogP contribution in [0, 0.1) is 5.41 Å². The van der Waals surface area contributed by atoms with Gasteiger partial charge in [0.15, 0.2) is 0 Å². The Kier molecular flexibility index (Phi) is 4.11. The van der Waals surface area contributed by atoms with E-state index in [0.717, 1.165) is 32.5 Å². The van der Waals surface area contributed by atoms with Gasteiger partial charge in [-0.1, -0.05) is 0 Å². The Labute approximate surface area is 91.9 Å². The summed E-state index contributed by atoms with van der Waals surface area (Å²) in [5.74, 6) is -0.659. The quantitative estimate of drug-likeness (QED) is 0.678. The predicted octanol–water partition coefficient (Wildman–Crippen LogP) is 0.735. The summed E-state index contributed by atoms with van der Waals surface area (Å²) < 4.78 is 0. The standard InChI is InChI=1S/C11H22N2O2/c1-12(2)6-7-13(3)9-11(4-5-11)8-10(14)15/h4-9H2,1-3H3,(H,14,15). The van der Waals surface area contributed by atoms with Gasteiger partial charge in [-0.15, -0.1) is 0 Å². The van der Waals surface area contributed by atoms with Crippen molar-refractivity contribution < 1.29 is 9.90 Å². The molecule has 1 N–H and O–H groups in total. The number of carboxylic acids is 1. The van der Waals surface area contributed by atoms with Gasteiger partial charge in [-0.05, 0) is 39.4 Å². The first-order chi connectivity index (χ1) is 6.93. The highest BCUT2D eigenvalue weighted by molar-refractivity contribution is 5.68. The average Bonchev–Trinajstić information content (AvgIpc) is 2.80. The van der Waals surface area contributed by atoms with Crippen molar-refractivity contribution in [2.24, 2.45) is 5.41 Å². The first-order valence-corrected chi connectivity index (χ1v) is 5.49. The normalized spacial score (nSPS) is 18.5. The number of nitrogens with zero attached hydrogens (tertiary/aromatic N) is 2. The van der Waals surface area contributed by atoms with Crippen LogP contribution in [0.5, 0.6) is 0 Å². The lowest BCUT2D eigenvalue weighted by Gasteiger charge is -2.23. The van der Waals surface area contributed by atoms with Crippen LogP contribution in [0.2, 0.25) is 0 Å². The molecule has 0 heterocycles. The van der Waals surface area contributed by atoms with Crippen LogP contribution >= 0.6 is 0 Å². The molecule has 1 fully saturated rings. The van der Waals surface area contributed by atoms with E-state index in [2.05, 4.69) is 30.9 Å². The highest BCUT2D eigenvalue weighted by Crippen LogP contribution is 2.49. The van der Waals surface area contributed by atoms with E-state index in [1.54, 1.807) is 0 Å². The van der Waals surface area contributed by atoms with E-state index < -0.39 is 5.97 Å². The van der Waals surface area contributed by atoms with Gasteiger partial charge in [0, 0.05) is 19.6 Å². The summed E-state index contributed by atoms with van der Waals surface area (Å²) >= 11 is 0. The Morgan fingerprint density at radius 2 is 1.87 bits per heavy atom. The molecule has 0 aromatic carbocycles. The second kappa shape index (κ2) is 4.94. The minimum Gasteiger partial charge on any atom is -0.481 e. The summed E-state index contributed by atoms with van der Waals surface area (Å²) in [5.41, 5.74) is 0.0902. The Bertz CT molecular complexity index is 225. The molecule has 0 saturated heterocycles. The van der Waals surface area contributed by atoms with Crippen LogP contribution in [0.4, 0.5) is 0 Å². The zero-order valence-electron chi connectivity index (χ0n) is 9.99. The molecule has 0 spiro atoms. The van der Waals surface area contributed by atoms with Gasteiger partial charge in [0.05, 0.1) is 6.42 Å². The van der Waals surface area contributed by atoms with E-state index in [4.69, 9.17) is 5.11 Å². The number of carbonyl (C=O) groups is 1. The fourth-order valence-corrected chi connectivity index (χ4v) is 1.91. The van der Waals surface area contributed by atoms with E-state index in [9.17, 15) is 4.79 Å². The monoisotopic (exact) mass is 214 g/mol. The molecule has 1 aliphatic rings. The molecule has 0 aromatic rings. The average molecular weight is 214 g/mol. The van der Waals surface area contributed by atoms with E-state index in [0.29, 0.717) is 6.42 Å². The molecule has 1 aliphatic carbocycles. The first kappa shape index (κ1) is 12.5. The summed E-state index contributed by atoms with van der Waals surface area (Å²) in [6, 6.07) is 0. The van der Waals surface area contributed by atoms with Crippen molar-refractivity contribution in [3.63, 3.8) is 0 Å². The van der Waals surface area contributed by atoms with Gasteiger partial charge < -0.3 is 14.9 Å². The van der Waals surface area contributed by atoms with Crippen LogP contribution in [0.15, 0.2) is 0 Å². The van der Waals surface area contributed by atoms with Crippen molar-refractivity contribution in [1.29, 1.82) is 0 Å². The number of hydrogen-bond donors (Lipinski definition) is 1. The highest BCUT2D eigenvalue weighted by atomic mass is 16.4. The maximum Gasteiger partial charge on any atom is 0.303 e. The maximum atomic E-state index is 10.7. The molecule has 0 atom stereocenters. The maximum absolute atomic E-state index is 10.7. The minimum atomic E-state index is -0.659. The number of aliphatic carboxylic acids is 1. The third kappa shape index (κ3) is 4.62. The molecule has 15 heavy (non-hydrogen) atoms. The summed E-state index contributed by atoms with van der Waals surface area (Å²) in [6.07, 6.45) is 2.48. The molecule has 1 saturated carbocycles. The molecule has 0 bridgehead atoms. The smallest absolute Gasteiger partial charge is 0.303 e. The second-order valence-electron chi connectivity index (χ2n) is 5.11. The SMILES string of the molecule is CN(C)CCN(C)CC1(CC(=O)O)CC1. The van der Waals surface area contributed by atoms with Gasteiger partial charge in [0.2, 0.25) is 0 Å². The van der Waals surface area contributed by atoms with Crippen LogP contribution in [0.25, 0.3) is 0 Å². The van der Waals surface area contributed by atoms with Gasteiger partial charge in [0.1, 0.15) is 0 Å². The lowest BCUT2D eigenvalue weighted by molar-refractivity contribution is -0.138. The largest absolute Gasteiger partial charge is 0.481 e. The van der Waals surface area contributed by atoms with Crippen molar-refractivity contribution in [1.82, 2.24) is 9.80 Å². The molecule has 4 nitrogen and oxygen atoms in total. The van der Waals surface area contributed by atoms with E-state index >= 15 is 0 Å². The Balaban J connectivity index is 2.25. The second-order valence-corrected chi connectivity index (χ2v) is 5.11. The molecule has 0 radical (unpaired) electrons. The Hall–Kier alpha value is -0.610. The van der Waals surface area contributed by atoms with Gasteiger partial charge in [0.25, 0.3) is 0 Å². The molecule has 4 heteroatoms. The van der Waals surface area contributed by atoms with Gasteiger partial charge in [-0.2, -0.15) is 0 Å². The number of carboxylic acid groups (broad SMARTS) is 1. The highest BCUT2D eigenvalue weighted by Gasteiger charge is 2.44. The van der Waals surface area contributed by atoms with Gasteiger partial charge in [-0.25, -0.2) is 0 Å². The number of likely N-dealkylation sites (N-methyl/N-ethyl adjacent to an activating group) is 2. The lowest BCUT2D eigenvalue weighted by Crippen LogP contribution is -2.33. The Morgan fingerprint density at radius 1 is 1.27 bits per heavy atom. The molecule has 0 unspecified atom stereocenters. The third-order valence-corrected chi connectivity index (χ3v) is 3.02. The molecule has 1 rings (SSSR count). The molecule has 88 valence electrons. The van der Waals surface area contributed by atoms with Crippen molar-refractivity contribution in [2.45, 2.75) is 19.3 Å². The summed E-state index contributed by atoms with van der Waals surface area (Å²) in [4.78, 5) is 15.1. The predicted molar refractivity (Wildman–Crippen MR) is 60.0 cm³/mol. The molecular formula is C11H22N2O2. The fourth-order valence-electron chi connectivity index (χ4n) is 1.91. The molecule has 0 amide bonds. The molecule has 0 aliphatic heterocycles. The van der Waals surface area contributed by atoms with Crippen LogP contribution in [-0.4, -0.2) is 61.7 Å². The zero-order chi connectivity index (χ0) is 11.5. The van der Waals surface area contributed by atoms with Crippen LogP contribution in [0.3, 0.4) is 0 Å². The van der Waals surface area contributed by atoms with Crippen LogP contribution in [0.1, 0.15) is 19.3 Å². The lowest BCUT2D eigenvalue weighted by atomic mass is 10.0. The van der Waals surface area contributed by atoms with Gasteiger partial charge >= 0.3 is 5.97 Å². The Morgan fingerprint density at radius 3 is 2.27 bits per heavy atom. The van der Waals surface area contributed by atoms with E-state index in [1.165, 1.54) is 0 Å². The van der Waals surface area contributed by atoms with Crippen molar-refractivity contribution in [3.05, 3.63) is 0 Å². The number of rotatable bonds is 7. The first-order valence-electron chi connectivity index (χ1n) is 5.49. The van der Waals surface area contributed by atoms with E-state index in [-0.39, 0.29) is 5.41 Å².